The highest BCUT2D eigenvalue weighted by Crippen LogP contribution is 2.31. The molecule has 0 radical (unpaired) electrons. The second-order valence-electron chi connectivity index (χ2n) is 6.85. The third-order valence-corrected chi connectivity index (χ3v) is 4.75. The van der Waals surface area contributed by atoms with E-state index in [2.05, 4.69) is 10.3 Å². The Morgan fingerprint density at radius 2 is 1.87 bits per heavy atom. The van der Waals surface area contributed by atoms with E-state index in [4.69, 9.17) is 10.5 Å². The standard InChI is InChI=1S/C23H21F2N3O3/c1-13-11-14(23(30)28-9-10-31-2)3-5-16(13)21-20(26)18(7-8-27-21)22(29)17-6-4-15(24)12-19(17)25/h3-8,11-12H,9-10,26H2,1-2H3,(H,28,30). The Kier molecular flexibility index (Phi) is 6.71. The van der Waals surface area contributed by atoms with Crippen molar-refractivity contribution in [2.45, 2.75) is 6.92 Å². The number of carbonyl (C=O) groups excluding carboxylic acids is 2. The van der Waals surface area contributed by atoms with Crippen molar-refractivity contribution >= 4 is 17.4 Å². The number of amides is 1. The maximum Gasteiger partial charge on any atom is 0.251 e. The number of nitrogens with two attached hydrogens (primary N) is 1. The Morgan fingerprint density at radius 3 is 2.55 bits per heavy atom. The molecule has 0 saturated heterocycles. The average molecular weight is 425 g/mol. The molecule has 6 nitrogen and oxygen atoms in total. The molecular formula is C23H21F2N3O3. The molecule has 0 saturated carbocycles. The second kappa shape index (κ2) is 9.44. The van der Waals surface area contributed by atoms with E-state index < -0.39 is 17.4 Å². The number of aromatic nitrogens is 1. The fraction of sp³-hybridized carbons (Fsp3) is 0.174. The van der Waals surface area contributed by atoms with Gasteiger partial charge in [-0.2, -0.15) is 0 Å². The lowest BCUT2D eigenvalue weighted by Gasteiger charge is -2.13. The van der Waals surface area contributed by atoms with Gasteiger partial charge in [-0.3, -0.25) is 14.6 Å². The minimum absolute atomic E-state index is 0.0521. The van der Waals surface area contributed by atoms with Crippen LogP contribution in [0.1, 0.15) is 31.8 Å². The van der Waals surface area contributed by atoms with Crippen LogP contribution in [0.5, 0.6) is 0 Å². The van der Waals surface area contributed by atoms with E-state index in [1.807, 2.05) is 0 Å². The summed E-state index contributed by atoms with van der Waals surface area (Å²) < 4.78 is 32.2. The predicted molar refractivity (Wildman–Crippen MR) is 113 cm³/mol. The van der Waals surface area contributed by atoms with E-state index in [1.54, 1.807) is 32.2 Å². The van der Waals surface area contributed by atoms with E-state index in [9.17, 15) is 18.4 Å². The molecular weight excluding hydrogens is 404 g/mol. The topological polar surface area (TPSA) is 94.3 Å². The maximum atomic E-state index is 14.1. The largest absolute Gasteiger partial charge is 0.396 e. The van der Waals surface area contributed by atoms with Crippen molar-refractivity contribution in [3.8, 4) is 11.3 Å². The number of nitrogen functional groups attached to an aromatic ring is 1. The molecule has 2 aromatic carbocycles. The van der Waals surface area contributed by atoms with Crippen LogP contribution in [0.4, 0.5) is 14.5 Å². The van der Waals surface area contributed by atoms with Gasteiger partial charge in [0.1, 0.15) is 11.6 Å². The number of hydrogen-bond acceptors (Lipinski definition) is 5. The van der Waals surface area contributed by atoms with Gasteiger partial charge in [0.15, 0.2) is 5.78 Å². The number of aryl methyl sites for hydroxylation is 1. The zero-order valence-corrected chi connectivity index (χ0v) is 17.0. The van der Waals surface area contributed by atoms with Gasteiger partial charge in [-0.1, -0.05) is 6.07 Å². The van der Waals surface area contributed by atoms with Crippen molar-refractivity contribution in [1.29, 1.82) is 0 Å². The van der Waals surface area contributed by atoms with Crippen LogP contribution in [0, 0.1) is 18.6 Å². The van der Waals surface area contributed by atoms with Crippen LogP contribution in [0.3, 0.4) is 0 Å². The van der Waals surface area contributed by atoms with Gasteiger partial charge in [0.2, 0.25) is 0 Å². The highest BCUT2D eigenvalue weighted by Gasteiger charge is 2.20. The van der Waals surface area contributed by atoms with Gasteiger partial charge in [0, 0.05) is 42.6 Å². The first-order chi connectivity index (χ1) is 14.8. The number of halogens is 2. The lowest BCUT2D eigenvalue weighted by molar-refractivity contribution is 0.0936. The fourth-order valence-corrected chi connectivity index (χ4v) is 3.14. The molecule has 3 aromatic rings. The van der Waals surface area contributed by atoms with Crippen LogP contribution in [-0.4, -0.2) is 36.9 Å². The van der Waals surface area contributed by atoms with Crippen LogP contribution in [0.2, 0.25) is 0 Å². The lowest BCUT2D eigenvalue weighted by Crippen LogP contribution is -2.26. The molecule has 0 unspecified atom stereocenters. The van der Waals surface area contributed by atoms with E-state index in [-0.39, 0.29) is 22.7 Å². The zero-order chi connectivity index (χ0) is 22.5. The van der Waals surface area contributed by atoms with Crippen LogP contribution in [0.25, 0.3) is 11.3 Å². The summed E-state index contributed by atoms with van der Waals surface area (Å²) in [5, 5.41) is 2.74. The first-order valence-electron chi connectivity index (χ1n) is 9.46. The van der Waals surface area contributed by atoms with Crippen LogP contribution in [-0.2, 0) is 4.74 Å². The Bertz CT molecular complexity index is 1150. The fourth-order valence-electron chi connectivity index (χ4n) is 3.14. The molecule has 1 heterocycles. The number of anilines is 1. The summed E-state index contributed by atoms with van der Waals surface area (Å²) in [6.07, 6.45) is 1.39. The summed E-state index contributed by atoms with van der Waals surface area (Å²) in [6.45, 7) is 2.57. The molecule has 0 aliphatic rings. The monoisotopic (exact) mass is 425 g/mol. The SMILES string of the molecule is COCCNC(=O)c1ccc(-c2nccc(C(=O)c3ccc(F)cc3F)c2N)c(C)c1. The molecule has 0 aliphatic heterocycles. The smallest absolute Gasteiger partial charge is 0.251 e. The molecule has 0 spiro atoms. The number of nitrogens with zero attached hydrogens (tertiary/aromatic N) is 1. The number of ether oxygens (including phenoxy) is 1. The predicted octanol–water partition coefficient (Wildman–Crippen LogP) is 3.52. The molecule has 3 rings (SSSR count). The summed E-state index contributed by atoms with van der Waals surface area (Å²) in [5.74, 6) is -2.67. The summed E-state index contributed by atoms with van der Waals surface area (Å²) in [7, 11) is 1.55. The minimum atomic E-state index is -0.970. The number of hydrogen-bond donors (Lipinski definition) is 2. The normalized spacial score (nSPS) is 10.7. The highest BCUT2D eigenvalue weighted by atomic mass is 19.1. The van der Waals surface area contributed by atoms with E-state index in [0.29, 0.717) is 36.0 Å². The second-order valence-corrected chi connectivity index (χ2v) is 6.85. The van der Waals surface area contributed by atoms with E-state index in [1.165, 1.54) is 12.3 Å². The number of methoxy groups -OCH3 is 1. The number of benzene rings is 2. The molecule has 0 atom stereocenters. The van der Waals surface area contributed by atoms with Gasteiger partial charge in [-0.15, -0.1) is 0 Å². The maximum absolute atomic E-state index is 14.1. The molecule has 1 amide bonds. The van der Waals surface area contributed by atoms with Crippen LogP contribution >= 0.6 is 0 Å². The Labute approximate surface area is 178 Å². The zero-order valence-electron chi connectivity index (χ0n) is 17.0. The molecule has 0 fully saturated rings. The molecule has 0 bridgehead atoms. The molecule has 31 heavy (non-hydrogen) atoms. The first-order valence-corrected chi connectivity index (χ1v) is 9.46. The van der Waals surface area contributed by atoms with E-state index >= 15 is 0 Å². The number of ketones is 1. The Morgan fingerprint density at radius 1 is 1.10 bits per heavy atom. The number of nitrogens with one attached hydrogen (secondary N) is 1. The van der Waals surface area contributed by atoms with Crippen molar-refractivity contribution in [3.05, 3.63) is 82.5 Å². The number of rotatable bonds is 7. The van der Waals surface area contributed by atoms with Gasteiger partial charge in [-0.05, 0) is 42.8 Å². The number of carbonyl (C=O) groups is 2. The van der Waals surface area contributed by atoms with Crippen molar-refractivity contribution in [1.82, 2.24) is 10.3 Å². The quantitative estimate of drug-likeness (QED) is 0.446. The van der Waals surface area contributed by atoms with Gasteiger partial charge >= 0.3 is 0 Å². The summed E-state index contributed by atoms with van der Waals surface area (Å²) in [6, 6.07) is 9.12. The third-order valence-electron chi connectivity index (χ3n) is 4.75. The molecule has 3 N–H and O–H groups in total. The summed E-state index contributed by atoms with van der Waals surface area (Å²) in [4.78, 5) is 29.3. The van der Waals surface area contributed by atoms with Gasteiger partial charge in [0.05, 0.1) is 23.6 Å². The summed E-state index contributed by atoms with van der Waals surface area (Å²) >= 11 is 0. The summed E-state index contributed by atoms with van der Waals surface area (Å²) in [5.41, 5.74) is 8.17. The molecule has 160 valence electrons. The van der Waals surface area contributed by atoms with Crippen LogP contribution < -0.4 is 11.1 Å². The van der Waals surface area contributed by atoms with Gasteiger partial charge in [0.25, 0.3) is 5.91 Å². The molecule has 1 aromatic heterocycles. The van der Waals surface area contributed by atoms with E-state index in [0.717, 1.165) is 17.7 Å². The Hall–Kier alpha value is -3.65. The average Bonchev–Trinajstić information content (AvgIpc) is 2.74. The highest BCUT2D eigenvalue weighted by molar-refractivity contribution is 6.13. The van der Waals surface area contributed by atoms with Crippen molar-refractivity contribution in [2.75, 3.05) is 26.0 Å². The Balaban J connectivity index is 1.94. The van der Waals surface area contributed by atoms with Crippen molar-refractivity contribution in [2.24, 2.45) is 0 Å². The minimum Gasteiger partial charge on any atom is -0.396 e. The number of pyridine rings is 1. The lowest BCUT2D eigenvalue weighted by atomic mass is 9.96. The van der Waals surface area contributed by atoms with Gasteiger partial charge < -0.3 is 15.8 Å². The van der Waals surface area contributed by atoms with Crippen LogP contribution in [0.15, 0.2) is 48.7 Å². The first kappa shape index (κ1) is 22.0. The third kappa shape index (κ3) is 4.75. The van der Waals surface area contributed by atoms with Crippen molar-refractivity contribution in [3.63, 3.8) is 0 Å². The molecule has 8 heteroatoms. The molecule has 0 aliphatic carbocycles. The van der Waals surface area contributed by atoms with Crippen molar-refractivity contribution < 1.29 is 23.1 Å². The van der Waals surface area contributed by atoms with Gasteiger partial charge in [-0.25, -0.2) is 8.78 Å².